The number of halogens is 2. The van der Waals surface area contributed by atoms with Crippen molar-refractivity contribution in [3.8, 4) is 6.07 Å². The summed E-state index contributed by atoms with van der Waals surface area (Å²) < 4.78 is 16.0. The fraction of sp³-hybridized carbons (Fsp3) is 0.120. The average Bonchev–Trinajstić information content (AvgIpc) is 3.40. The van der Waals surface area contributed by atoms with Crippen molar-refractivity contribution in [3.63, 3.8) is 0 Å². The number of carbonyl (C=O) groups excluding carboxylic acids is 1. The van der Waals surface area contributed by atoms with Gasteiger partial charge in [0.05, 0.1) is 22.6 Å². The van der Waals surface area contributed by atoms with E-state index in [9.17, 15) is 14.4 Å². The van der Waals surface area contributed by atoms with Crippen molar-refractivity contribution in [2.45, 2.75) is 20.0 Å². The number of H-pyrrole nitrogens is 1. The van der Waals surface area contributed by atoms with E-state index < -0.39 is 11.7 Å². The Morgan fingerprint density at radius 3 is 2.97 bits per heavy atom. The molecule has 0 aliphatic carbocycles. The zero-order chi connectivity index (χ0) is 23.8. The fourth-order valence-corrected chi connectivity index (χ4v) is 4.09. The molecule has 7 nitrogen and oxygen atoms in total. The van der Waals surface area contributed by atoms with Crippen molar-refractivity contribution in [3.05, 3.63) is 93.8 Å². The molecule has 168 valence electrons. The molecule has 3 aromatic heterocycles. The molecule has 0 saturated heterocycles. The van der Waals surface area contributed by atoms with Crippen LogP contribution in [0.2, 0.25) is 5.02 Å². The minimum Gasteiger partial charge on any atom is -0.361 e. The predicted molar refractivity (Wildman–Crippen MR) is 127 cm³/mol. The Balaban J connectivity index is 1.35. The van der Waals surface area contributed by atoms with Crippen LogP contribution >= 0.6 is 11.6 Å². The van der Waals surface area contributed by atoms with Crippen molar-refractivity contribution < 1.29 is 9.18 Å². The van der Waals surface area contributed by atoms with Gasteiger partial charge in [-0.05, 0) is 48.4 Å². The van der Waals surface area contributed by atoms with Crippen LogP contribution in [-0.2, 0) is 13.1 Å². The van der Waals surface area contributed by atoms with Crippen LogP contribution in [0, 0.1) is 24.1 Å². The van der Waals surface area contributed by atoms with Gasteiger partial charge >= 0.3 is 0 Å². The Labute approximate surface area is 198 Å². The molecule has 0 aliphatic rings. The molecule has 5 rings (SSSR count). The standard InChI is InChI=1S/C25H18ClFN6O/c1-14-9-29-23-7-21(27)17(6-19(14)23)10-31-25(34)20-13-33(32-24(20)8-28)12-15-2-3-22-16(4-15)5-18(26)11-30-22/h2-7,9,11,13,29H,10,12H2,1H3,(H,31,34). The molecule has 0 saturated carbocycles. The van der Waals surface area contributed by atoms with Gasteiger partial charge in [-0.25, -0.2) is 4.39 Å². The third-order valence-corrected chi connectivity index (χ3v) is 5.87. The fourth-order valence-electron chi connectivity index (χ4n) is 3.92. The summed E-state index contributed by atoms with van der Waals surface area (Å²) in [4.78, 5) is 20.1. The van der Waals surface area contributed by atoms with E-state index in [1.54, 1.807) is 18.5 Å². The topological polar surface area (TPSA) is 99.4 Å². The third-order valence-electron chi connectivity index (χ3n) is 5.66. The van der Waals surface area contributed by atoms with E-state index in [4.69, 9.17) is 11.6 Å². The smallest absolute Gasteiger partial charge is 0.256 e. The lowest BCUT2D eigenvalue weighted by molar-refractivity contribution is 0.0950. The number of pyridine rings is 1. The number of amides is 1. The van der Waals surface area contributed by atoms with Gasteiger partial charge in [0.2, 0.25) is 0 Å². The highest BCUT2D eigenvalue weighted by molar-refractivity contribution is 6.31. The first-order valence-corrected chi connectivity index (χ1v) is 10.8. The zero-order valence-corrected chi connectivity index (χ0v) is 18.8. The molecular weight excluding hydrogens is 455 g/mol. The normalized spacial score (nSPS) is 11.1. The van der Waals surface area contributed by atoms with Gasteiger partial charge in [-0.3, -0.25) is 14.5 Å². The Hall–Kier alpha value is -4.22. The van der Waals surface area contributed by atoms with Crippen molar-refractivity contribution in [2.24, 2.45) is 0 Å². The number of rotatable bonds is 5. The molecule has 0 aliphatic heterocycles. The Bertz CT molecular complexity index is 1610. The maximum absolute atomic E-state index is 14.5. The van der Waals surface area contributed by atoms with E-state index >= 15 is 0 Å². The van der Waals surface area contributed by atoms with Crippen LogP contribution in [0.15, 0.2) is 55.0 Å². The molecule has 0 atom stereocenters. The summed E-state index contributed by atoms with van der Waals surface area (Å²) in [6.07, 6.45) is 4.91. The number of fused-ring (bicyclic) bond motifs is 2. The highest BCUT2D eigenvalue weighted by atomic mass is 35.5. The summed E-state index contributed by atoms with van der Waals surface area (Å²) in [6.45, 7) is 2.26. The minimum atomic E-state index is -0.498. The van der Waals surface area contributed by atoms with E-state index in [-0.39, 0.29) is 17.8 Å². The largest absolute Gasteiger partial charge is 0.361 e. The Morgan fingerprint density at radius 2 is 2.15 bits per heavy atom. The number of hydrogen-bond donors (Lipinski definition) is 2. The molecule has 5 aromatic rings. The first-order valence-electron chi connectivity index (χ1n) is 10.5. The molecule has 9 heteroatoms. The van der Waals surface area contributed by atoms with E-state index in [0.29, 0.717) is 22.6 Å². The number of hydrogen-bond acceptors (Lipinski definition) is 4. The second-order valence-corrected chi connectivity index (χ2v) is 8.46. The van der Waals surface area contributed by atoms with Crippen LogP contribution in [0.1, 0.15) is 32.7 Å². The molecule has 2 N–H and O–H groups in total. The monoisotopic (exact) mass is 472 g/mol. The first kappa shape index (κ1) is 21.6. The van der Waals surface area contributed by atoms with Crippen LogP contribution in [0.4, 0.5) is 4.39 Å². The second kappa shape index (κ2) is 8.61. The predicted octanol–water partition coefficient (Wildman–Crippen LogP) is 4.86. The van der Waals surface area contributed by atoms with E-state index in [2.05, 4.69) is 20.4 Å². The molecular formula is C25H18ClFN6O. The molecule has 2 aromatic carbocycles. The van der Waals surface area contributed by atoms with Crippen LogP contribution in [0.25, 0.3) is 21.8 Å². The molecule has 0 radical (unpaired) electrons. The maximum atomic E-state index is 14.5. The summed E-state index contributed by atoms with van der Waals surface area (Å²) in [6, 6.07) is 12.6. The average molecular weight is 473 g/mol. The number of aromatic nitrogens is 4. The Morgan fingerprint density at radius 1 is 1.29 bits per heavy atom. The van der Waals surface area contributed by atoms with Gasteiger partial charge in [-0.2, -0.15) is 10.4 Å². The highest BCUT2D eigenvalue weighted by Crippen LogP contribution is 2.22. The molecule has 0 spiro atoms. The van der Waals surface area contributed by atoms with Gasteiger partial charge in [0, 0.05) is 47.0 Å². The number of nitrogens with one attached hydrogen (secondary N) is 2. The number of benzene rings is 2. The first-order chi connectivity index (χ1) is 16.4. The molecule has 1 amide bonds. The van der Waals surface area contributed by atoms with Crippen molar-refractivity contribution in [1.29, 1.82) is 5.26 Å². The molecule has 0 bridgehead atoms. The van der Waals surface area contributed by atoms with E-state index in [1.807, 2.05) is 37.3 Å². The van der Waals surface area contributed by atoms with Crippen molar-refractivity contribution in [2.75, 3.05) is 0 Å². The molecule has 0 fully saturated rings. The van der Waals surface area contributed by atoms with Gasteiger partial charge in [0.25, 0.3) is 5.91 Å². The second-order valence-electron chi connectivity index (χ2n) is 8.02. The van der Waals surface area contributed by atoms with Crippen molar-refractivity contribution in [1.82, 2.24) is 25.1 Å². The van der Waals surface area contributed by atoms with Gasteiger partial charge < -0.3 is 10.3 Å². The maximum Gasteiger partial charge on any atom is 0.256 e. The minimum absolute atomic E-state index is 0.000373. The lowest BCUT2D eigenvalue weighted by Crippen LogP contribution is -2.23. The van der Waals surface area contributed by atoms with E-state index in [0.717, 1.165) is 27.4 Å². The SMILES string of the molecule is Cc1c[nH]c2cc(F)c(CNC(=O)c3cn(Cc4ccc5ncc(Cl)cc5c4)nc3C#N)cc12. The van der Waals surface area contributed by atoms with Gasteiger partial charge in [0.1, 0.15) is 11.9 Å². The van der Waals surface area contributed by atoms with Gasteiger partial charge in [-0.15, -0.1) is 0 Å². The van der Waals surface area contributed by atoms with E-state index in [1.165, 1.54) is 16.9 Å². The number of aromatic amines is 1. The number of nitriles is 1. The zero-order valence-electron chi connectivity index (χ0n) is 18.1. The lowest BCUT2D eigenvalue weighted by Gasteiger charge is -2.07. The van der Waals surface area contributed by atoms with Gasteiger partial charge in [-0.1, -0.05) is 17.7 Å². The lowest BCUT2D eigenvalue weighted by atomic mass is 10.1. The summed E-state index contributed by atoms with van der Waals surface area (Å²) >= 11 is 6.04. The quantitative estimate of drug-likeness (QED) is 0.381. The van der Waals surface area contributed by atoms with Crippen LogP contribution in [0.5, 0.6) is 0 Å². The molecule has 3 heterocycles. The summed E-state index contributed by atoms with van der Waals surface area (Å²) in [5.41, 5.74) is 3.90. The van der Waals surface area contributed by atoms with Gasteiger partial charge in [0.15, 0.2) is 5.69 Å². The highest BCUT2D eigenvalue weighted by Gasteiger charge is 2.17. The number of nitrogens with zero attached hydrogens (tertiary/aromatic N) is 4. The van der Waals surface area contributed by atoms with Crippen LogP contribution in [-0.4, -0.2) is 25.7 Å². The molecule has 0 unspecified atom stereocenters. The Kier molecular flexibility index (Phi) is 5.48. The van der Waals surface area contributed by atoms with Crippen LogP contribution in [0.3, 0.4) is 0 Å². The number of aryl methyl sites for hydroxylation is 1. The van der Waals surface area contributed by atoms with Crippen molar-refractivity contribution >= 4 is 39.3 Å². The number of carbonyl (C=O) groups is 1. The summed E-state index contributed by atoms with van der Waals surface area (Å²) in [5, 5.41) is 18.7. The van der Waals surface area contributed by atoms with Crippen LogP contribution < -0.4 is 5.32 Å². The molecule has 34 heavy (non-hydrogen) atoms. The summed E-state index contributed by atoms with van der Waals surface area (Å²) in [5.74, 6) is -0.917. The summed E-state index contributed by atoms with van der Waals surface area (Å²) in [7, 11) is 0. The third kappa shape index (κ3) is 4.09.